The van der Waals surface area contributed by atoms with Crippen LogP contribution in [0.1, 0.15) is 27.4 Å². The summed E-state index contributed by atoms with van der Waals surface area (Å²) in [7, 11) is -1.84. The van der Waals surface area contributed by atoms with Crippen LogP contribution in [0.4, 0.5) is 0 Å². The molecule has 30 heavy (non-hydrogen) atoms. The first-order valence-electron chi connectivity index (χ1n) is 8.32. The fraction of sp³-hybridized carbons (Fsp3) is 0.0556. The number of carbonyl (C=O) groups is 2. The highest BCUT2D eigenvalue weighted by Crippen LogP contribution is 2.32. The van der Waals surface area contributed by atoms with Crippen LogP contribution in [0, 0.1) is 0 Å². The number of ketones is 2. The number of hydrogen-bond donors (Lipinski definition) is 2. The summed E-state index contributed by atoms with van der Waals surface area (Å²) in [5.74, 6) is -1.42. The Balaban J connectivity index is 1.82. The quantitative estimate of drug-likeness (QED) is 0.313. The van der Waals surface area contributed by atoms with Gasteiger partial charge in [-0.3, -0.25) is 9.59 Å². The second-order valence-electron chi connectivity index (χ2n) is 6.15. The van der Waals surface area contributed by atoms with Crippen molar-refractivity contribution in [2.45, 2.75) is 16.3 Å². The Bertz CT molecular complexity index is 1300. The molecule has 152 valence electrons. The standard InChI is InChI=1S/C18H10Cl3N5O3S/c19-8-1-2-13-12(6-8)16(14(27)7-15(28)17-23-25-26-24-17)18(22-13)30(29)11-4-9(20)3-10(21)5-11/h1-6,22H,7H2,(H,23,24,25,26). The zero-order valence-electron chi connectivity index (χ0n) is 14.8. The summed E-state index contributed by atoms with van der Waals surface area (Å²) < 4.78 is 13.3. The first-order valence-corrected chi connectivity index (χ1v) is 10.6. The SMILES string of the molecule is O=C(CC(=O)c1c(S(=O)c2cc(Cl)cc(Cl)c2)[nH]c2ccc(Cl)cc12)c1nn[nH]n1. The predicted molar refractivity (Wildman–Crippen MR) is 112 cm³/mol. The van der Waals surface area contributed by atoms with Gasteiger partial charge in [0.25, 0.3) is 0 Å². The van der Waals surface area contributed by atoms with E-state index in [1.165, 1.54) is 18.2 Å². The van der Waals surface area contributed by atoms with Crippen LogP contribution < -0.4 is 0 Å². The second kappa shape index (κ2) is 8.27. The first kappa shape index (κ1) is 20.7. The second-order valence-corrected chi connectivity index (χ2v) is 8.88. The first-order chi connectivity index (χ1) is 14.3. The van der Waals surface area contributed by atoms with Gasteiger partial charge >= 0.3 is 0 Å². The van der Waals surface area contributed by atoms with Crippen LogP contribution in [0.2, 0.25) is 15.1 Å². The summed E-state index contributed by atoms with van der Waals surface area (Å²) in [6.07, 6.45) is -0.542. The topological polar surface area (TPSA) is 121 Å². The van der Waals surface area contributed by atoms with Crippen molar-refractivity contribution in [3.63, 3.8) is 0 Å². The molecular formula is C18H10Cl3N5O3S. The van der Waals surface area contributed by atoms with Crippen molar-refractivity contribution in [2.24, 2.45) is 0 Å². The van der Waals surface area contributed by atoms with Crippen LogP contribution >= 0.6 is 34.8 Å². The lowest BCUT2D eigenvalue weighted by atomic mass is 10.0. The molecule has 0 spiro atoms. The van der Waals surface area contributed by atoms with Crippen LogP contribution in [0.15, 0.2) is 46.3 Å². The molecule has 0 saturated carbocycles. The lowest BCUT2D eigenvalue weighted by molar-refractivity contribution is 0.0887. The van der Waals surface area contributed by atoms with Gasteiger partial charge in [0.05, 0.1) is 12.0 Å². The molecule has 12 heteroatoms. The third kappa shape index (κ3) is 4.01. The Labute approximate surface area is 186 Å². The highest BCUT2D eigenvalue weighted by atomic mass is 35.5. The van der Waals surface area contributed by atoms with Gasteiger partial charge in [-0.1, -0.05) is 34.8 Å². The number of fused-ring (bicyclic) bond motifs is 1. The fourth-order valence-corrected chi connectivity index (χ4v) is 5.05. The van der Waals surface area contributed by atoms with Crippen LogP contribution in [-0.4, -0.2) is 41.4 Å². The fourth-order valence-electron chi connectivity index (χ4n) is 2.90. The molecule has 0 saturated heterocycles. The van der Waals surface area contributed by atoms with E-state index >= 15 is 0 Å². The molecule has 2 heterocycles. The van der Waals surface area contributed by atoms with Gasteiger partial charge in [0.1, 0.15) is 15.8 Å². The molecule has 2 aromatic carbocycles. The molecule has 4 rings (SSSR count). The summed E-state index contributed by atoms with van der Waals surface area (Å²) in [5, 5.41) is 14.2. The Hall–Kier alpha value is -2.59. The number of tetrazole rings is 1. The largest absolute Gasteiger partial charge is 0.347 e. The molecule has 4 aromatic rings. The molecule has 0 aliphatic heterocycles. The van der Waals surface area contributed by atoms with E-state index in [4.69, 9.17) is 34.8 Å². The Kier molecular flexibility index (Phi) is 5.70. The van der Waals surface area contributed by atoms with Gasteiger partial charge in [-0.05, 0) is 41.6 Å². The molecule has 0 aliphatic carbocycles. The van der Waals surface area contributed by atoms with Crippen LogP contribution in [0.5, 0.6) is 0 Å². The minimum Gasteiger partial charge on any atom is -0.347 e. The molecule has 0 radical (unpaired) electrons. The number of halogens is 3. The van der Waals surface area contributed by atoms with Crippen molar-refractivity contribution in [3.05, 3.63) is 62.9 Å². The number of nitrogens with zero attached hydrogens (tertiary/aromatic N) is 3. The van der Waals surface area contributed by atoms with Crippen LogP contribution in [0.25, 0.3) is 10.9 Å². The van der Waals surface area contributed by atoms with Crippen molar-refractivity contribution < 1.29 is 13.8 Å². The van der Waals surface area contributed by atoms with E-state index in [-0.39, 0.29) is 16.4 Å². The van der Waals surface area contributed by atoms with Crippen molar-refractivity contribution in [1.29, 1.82) is 0 Å². The summed E-state index contributed by atoms with van der Waals surface area (Å²) in [5.41, 5.74) is 0.616. The van der Waals surface area contributed by atoms with Crippen molar-refractivity contribution in [1.82, 2.24) is 25.6 Å². The molecule has 1 unspecified atom stereocenters. The van der Waals surface area contributed by atoms with Gasteiger partial charge < -0.3 is 4.98 Å². The smallest absolute Gasteiger partial charge is 0.240 e. The Morgan fingerprint density at radius 1 is 0.967 bits per heavy atom. The summed E-state index contributed by atoms with van der Waals surface area (Å²) >= 11 is 18.2. The molecule has 0 amide bonds. The van der Waals surface area contributed by atoms with E-state index < -0.39 is 28.8 Å². The van der Waals surface area contributed by atoms with E-state index in [2.05, 4.69) is 25.6 Å². The maximum Gasteiger partial charge on any atom is 0.240 e. The van der Waals surface area contributed by atoms with Crippen molar-refractivity contribution in [3.8, 4) is 0 Å². The number of rotatable bonds is 6. The predicted octanol–water partition coefficient (Wildman–Crippen LogP) is 4.26. The maximum atomic E-state index is 13.3. The molecular weight excluding hydrogens is 473 g/mol. The Morgan fingerprint density at radius 3 is 2.37 bits per heavy atom. The lowest BCUT2D eigenvalue weighted by Gasteiger charge is -2.06. The molecule has 0 aliphatic rings. The number of benzene rings is 2. The maximum absolute atomic E-state index is 13.3. The van der Waals surface area contributed by atoms with E-state index in [1.807, 2.05) is 0 Å². The summed E-state index contributed by atoms with van der Waals surface area (Å²) in [6.45, 7) is 0. The van der Waals surface area contributed by atoms with Crippen LogP contribution in [0.3, 0.4) is 0 Å². The van der Waals surface area contributed by atoms with Gasteiger partial charge in [0.2, 0.25) is 11.6 Å². The minimum atomic E-state index is -1.84. The summed E-state index contributed by atoms with van der Waals surface area (Å²) in [6, 6.07) is 9.32. The summed E-state index contributed by atoms with van der Waals surface area (Å²) in [4.78, 5) is 28.7. The monoisotopic (exact) mass is 481 g/mol. The minimum absolute atomic E-state index is 0.0822. The van der Waals surface area contributed by atoms with E-state index in [0.717, 1.165) is 0 Å². The number of nitrogens with one attached hydrogen (secondary N) is 2. The number of H-pyrrole nitrogens is 2. The van der Waals surface area contributed by atoms with Crippen LogP contribution in [-0.2, 0) is 10.8 Å². The van der Waals surface area contributed by atoms with E-state index in [9.17, 15) is 13.8 Å². The normalized spacial score (nSPS) is 12.2. The highest BCUT2D eigenvalue weighted by molar-refractivity contribution is 7.85. The van der Waals surface area contributed by atoms with Gasteiger partial charge in [0, 0.05) is 30.9 Å². The third-order valence-electron chi connectivity index (χ3n) is 4.16. The van der Waals surface area contributed by atoms with E-state index in [0.29, 0.717) is 30.9 Å². The number of hydrogen-bond acceptors (Lipinski definition) is 6. The lowest BCUT2D eigenvalue weighted by Crippen LogP contribution is -2.12. The zero-order chi connectivity index (χ0) is 21.4. The van der Waals surface area contributed by atoms with Gasteiger partial charge in [-0.25, -0.2) is 4.21 Å². The van der Waals surface area contributed by atoms with E-state index in [1.54, 1.807) is 18.2 Å². The highest BCUT2D eigenvalue weighted by Gasteiger charge is 2.26. The molecule has 0 bridgehead atoms. The molecule has 2 aromatic heterocycles. The molecule has 2 N–H and O–H groups in total. The zero-order valence-corrected chi connectivity index (χ0v) is 17.9. The van der Waals surface area contributed by atoms with Crippen molar-refractivity contribution >= 4 is 68.1 Å². The van der Waals surface area contributed by atoms with Gasteiger partial charge in [-0.2, -0.15) is 5.21 Å². The molecule has 0 fully saturated rings. The molecule has 8 nitrogen and oxygen atoms in total. The van der Waals surface area contributed by atoms with Crippen molar-refractivity contribution in [2.75, 3.05) is 0 Å². The molecule has 1 atom stereocenters. The third-order valence-corrected chi connectivity index (χ3v) is 6.17. The average Bonchev–Trinajstić information content (AvgIpc) is 3.34. The Morgan fingerprint density at radius 2 is 1.70 bits per heavy atom. The van der Waals surface area contributed by atoms with Gasteiger partial charge in [-0.15, -0.1) is 10.2 Å². The number of carbonyl (C=O) groups excluding carboxylic acids is 2. The number of Topliss-reactive ketones (excluding diaryl/α,β-unsaturated/α-hetero) is 2. The number of aromatic amines is 2. The number of aromatic nitrogens is 5. The van der Waals surface area contributed by atoms with Gasteiger partial charge in [0.15, 0.2) is 5.78 Å². The average molecular weight is 483 g/mol.